The molecule has 4 amide bonds. The number of hydrogen-bond acceptors (Lipinski definition) is 10. The van der Waals surface area contributed by atoms with Gasteiger partial charge in [-0.1, -0.05) is 84.9 Å². The van der Waals surface area contributed by atoms with Gasteiger partial charge in [-0.15, -0.1) is 12.4 Å². The van der Waals surface area contributed by atoms with Gasteiger partial charge in [0, 0.05) is 100 Å². The number of carbonyl (C=O) groups excluding carboxylic acids is 3. The number of imidazole rings is 2. The minimum atomic E-state index is -0.626. The van der Waals surface area contributed by atoms with E-state index in [4.69, 9.17) is 21.8 Å². The number of urea groups is 1. The van der Waals surface area contributed by atoms with Gasteiger partial charge in [0.15, 0.2) is 0 Å². The van der Waals surface area contributed by atoms with Crippen molar-refractivity contribution in [3.05, 3.63) is 145 Å². The maximum Gasteiger partial charge on any atom is 1.00 e. The quantitative estimate of drug-likeness (QED) is 0.0930. The molecule has 17 nitrogen and oxygen atoms in total. The predicted octanol–water partition coefficient (Wildman–Crippen LogP) is 3.74. The van der Waals surface area contributed by atoms with E-state index in [0.29, 0.717) is 17.1 Å². The third-order valence-electron chi connectivity index (χ3n) is 11.5. The molecule has 67 heavy (non-hydrogen) atoms. The standard InChI is InChI=1S/C24H28N6O2.C23H27N5O.CHNO.ClH.K.H2O/c1-28(21-10-12-29(13-11-21)15-18-6-3-2-4-7-18)24(32)30-16-22(26-17-30)19-8-5-9-20(14-19)27-23(25)31;1-26(21-10-12-27(13-11-21)15-18-6-3-2-4-7-18)23(29)28-16-22(25-17-28)19-8-5-9-20(24)14-19;2-1-3;;;/h2-9,14,16-17,21H,10-13,15H2,1H3,(H3,25,27,31);2-9,14,16-17,21H,10-13,15,24H2,1H3;3H;1H;;1H2/q;;;;+1;. The smallest absolute Gasteiger partial charge is 0.443 e. The molecule has 4 heterocycles. The topological polar surface area (TPSA) is 239 Å². The molecule has 4 aromatic carbocycles. The van der Waals surface area contributed by atoms with E-state index in [-0.39, 0.29) is 93.4 Å². The number of benzene rings is 4. The number of amides is 4. The molecule has 19 heteroatoms. The van der Waals surface area contributed by atoms with E-state index in [1.165, 1.54) is 22.0 Å². The third kappa shape index (κ3) is 16.3. The summed E-state index contributed by atoms with van der Waals surface area (Å²) in [6.07, 6.45) is 11.2. The van der Waals surface area contributed by atoms with Gasteiger partial charge in [-0.3, -0.25) is 18.9 Å². The molecule has 0 unspecified atom stereocenters. The van der Waals surface area contributed by atoms with Crippen LogP contribution in [0.1, 0.15) is 36.8 Å². The number of aliphatic hydroxyl groups excluding tert-OH is 1. The molecule has 2 aliphatic rings. The number of aromatic nitrogens is 4. The van der Waals surface area contributed by atoms with Crippen molar-refractivity contribution in [1.82, 2.24) is 38.7 Å². The van der Waals surface area contributed by atoms with Crippen molar-refractivity contribution in [2.45, 2.75) is 50.9 Å². The van der Waals surface area contributed by atoms with Crippen LogP contribution >= 0.6 is 12.4 Å². The van der Waals surface area contributed by atoms with Crippen LogP contribution in [-0.2, 0) is 13.1 Å². The van der Waals surface area contributed by atoms with Crippen LogP contribution in [-0.4, -0.2) is 120 Å². The number of likely N-dealkylation sites (tertiary alicyclic amines) is 2. The molecule has 2 aromatic heterocycles. The van der Waals surface area contributed by atoms with Crippen LogP contribution in [0.5, 0.6) is 0 Å². The molecule has 6 aromatic rings. The summed E-state index contributed by atoms with van der Waals surface area (Å²) in [7, 11) is 3.75. The Balaban J connectivity index is 0.000000323. The summed E-state index contributed by atoms with van der Waals surface area (Å²) in [4.78, 5) is 54.4. The minimum absolute atomic E-state index is 0. The Labute approximate surface area is 440 Å². The average molecular weight is 959 g/mol. The second kappa shape index (κ2) is 27.9. The Morgan fingerprint density at radius 2 is 1.10 bits per heavy atom. The number of hydrogen-bond donors (Lipinski definition) is 4. The number of nitrogens with zero attached hydrogens (tertiary/aromatic N) is 9. The number of nitrogens with two attached hydrogens (primary N) is 2. The molecule has 8 N–H and O–H groups in total. The molecule has 0 bridgehead atoms. The van der Waals surface area contributed by atoms with Crippen molar-refractivity contribution in [3.8, 4) is 28.8 Å². The number of nitrogen functional groups attached to an aromatic ring is 1. The fourth-order valence-corrected chi connectivity index (χ4v) is 8.04. The molecule has 0 atom stereocenters. The fraction of sp³-hybridized carbons (Fsp3) is 0.292. The molecule has 348 valence electrons. The number of anilines is 2. The minimum Gasteiger partial charge on any atom is -0.443 e. The van der Waals surface area contributed by atoms with Crippen molar-refractivity contribution in [2.24, 2.45) is 5.73 Å². The first-order valence-corrected chi connectivity index (χ1v) is 21.2. The first-order chi connectivity index (χ1) is 31.0. The van der Waals surface area contributed by atoms with Crippen LogP contribution in [0.3, 0.4) is 0 Å². The van der Waals surface area contributed by atoms with Crippen molar-refractivity contribution in [3.63, 3.8) is 0 Å². The van der Waals surface area contributed by atoms with Gasteiger partial charge in [-0.2, -0.15) is 5.26 Å². The second-order valence-electron chi connectivity index (χ2n) is 15.9. The zero-order chi connectivity index (χ0) is 45.4. The first-order valence-electron chi connectivity index (χ1n) is 21.2. The van der Waals surface area contributed by atoms with Gasteiger partial charge >= 0.3 is 69.5 Å². The summed E-state index contributed by atoms with van der Waals surface area (Å²) in [6.45, 7) is 5.83. The van der Waals surface area contributed by atoms with E-state index in [0.717, 1.165) is 88.0 Å². The van der Waals surface area contributed by atoms with Crippen LogP contribution < -0.4 is 68.2 Å². The van der Waals surface area contributed by atoms with E-state index in [1.54, 1.807) is 41.5 Å². The summed E-state index contributed by atoms with van der Waals surface area (Å²) in [5.74, 6) is 0. The SMILES string of the molecule is CN(C(=O)n1cnc(-c2cccc(N)c2)c1)C1CCN(Cc2ccccc2)CC1.CN(C(=O)n1cnc(-c2cccc(NC(N)=O)c2)c1)C1CCN(Cc2ccccc2)CC1.Cl.N#CO.O.[K+]. The van der Waals surface area contributed by atoms with E-state index in [1.807, 2.05) is 66.4 Å². The van der Waals surface area contributed by atoms with E-state index >= 15 is 0 Å². The average Bonchev–Trinajstić information content (AvgIpc) is 4.02. The third-order valence-corrected chi connectivity index (χ3v) is 11.5. The van der Waals surface area contributed by atoms with Crippen LogP contribution in [0.25, 0.3) is 22.5 Å². The van der Waals surface area contributed by atoms with Crippen molar-refractivity contribution < 1.29 is 76.4 Å². The monoisotopic (exact) mass is 957 g/mol. The van der Waals surface area contributed by atoms with Crippen LogP contribution in [0.15, 0.2) is 134 Å². The van der Waals surface area contributed by atoms with E-state index in [2.05, 4.69) is 73.6 Å². The number of nitriles is 1. The summed E-state index contributed by atoms with van der Waals surface area (Å²) in [5, 5.41) is 16.3. The molecule has 2 fully saturated rings. The summed E-state index contributed by atoms with van der Waals surface area (Å²) in [6, 6.07) is 35.4. The van der Waals surface area contributed by atoms with E-state index < -0.39 is 6.03 Å². The summed E-state index contributed by atoms with van der Waals surface area (Å²) in [5.41, 5.74) is 18.1. The van der Waals surface area contributed by atoms with Gasteiger partial charge in [-0.25, -0.2) is 24.4 Å². The Morgan fingerprint density at radius 3 is 1.51 bits per heavy atom. The Kier molecular flexibility index (Phi) is 23.2. The number of nitrogens with one attached hydrogen (secondary N) is 1. The van der Waals surface area contributed by atoms with Gasteiger partial charge in [-0.05, 0) is 61.1 Å². The molecule has 8 rings (SSSR count). The van der Waals surface area contributed by atoms with Gasteiger partial charge in [0.25, 0.3) is 6.26 Å². The molecular weight excluding hydrogens is 899 g/mol. The first kappa shape index (κ1) is 55.7. The molecule has 0 saturated carbocycles. The van der Waals surface area contributed by atoms with Gasteiger partial charge in [0.2, 0.25) is 0 Å². The zero-order valence-corrected chi connectivity index (χ0v) is 42.1. The maximum atomic E-state index is 13.0. The summed E-state index contributed by atoms with van der Waals surface area (Å²) < 4.78 is 3.08. The van der Waals surface area contributed by atoms with Gasteiger partial charge < -0.3 is 37.2 Å². The number of carbonyl (C=O) groups is 3. The number of piperidine rings is 2. The molecule has 0 spiro atoms. The maximum absolute atomic E-state index is 13.0. The number of rotatable bonds is 9. The number of halogens is 1. The van der Waals surface area contributed by atoms with E-state index in [9.17, 15) is 14.4 Å². The Morgan fingerprint density at radius 1 is 0.701 bits per heavy atom. The van der Waals surface area contributed by atoms with Crippen LogP contribution in [0.4, 0.5) is 25.8 Å². The Bertz CT molecular complexity index is 2490. The molecule has 0 aliphatic carbocycles. The fourth-order valence-electron chi connectivity index (χ4n) is 8.04. The normalized spacial score (nSPS) is 13.8. The predicted molar refractivity (Wildman–Crippen MR) is 258 cm³/mol. The molecule has 0 radical (unpaired) electrons. The largest absolute Gasteiger partial charge is 1.00 e. The Hall–Kier alpha value is -5.59. The molecule has 2 aliphatic heterocycles. The number of primary amides is 1. The van der Waals surface area contributed by atoms with Crippen molar-refractivity contribution in [1.29, 1.82) is 5.26 Å². The van der Waals surface area contributed by atoms with Gasteiger partial charge in [0.1, 0.15) is 12.7 Å². The van der Waals surface area contributed by atoms with Crippen LogP contribution in [0, 0.1) is 11.5 Å². The second-order valence-corrected chi connectivity index (χ2v) is 15.9. The van der Waals surface area contributed by atoms with Crippen molar-refractivity contribution >= 4 is 41.9 Å². The van der Waals surface area contributed by atoms with Gasteiger partial charge in [0.05, 0.1) is 11.4 Å². The molecule has 2 saturated heterocycles. The van der Waals surface area contributed by atoms with Crippen molar-refractivity contribution in [2.75, 3.05) is 51.3 Å². The van der Waals surface area contributed by atoms with Crippen LogP contribution in [0.2, 0.25) is 0 Å². The number of aliphatic hydroxyl groups is 1. The molecular formula is C48H59ClKN12O5+. The summed E-state index contributed by atoms with van der Waals surface area (Å²) >= 11 is 0. The zero-order valence-electron chi connectivity index (χ0n) is 38.2.